The van der Waals surface area contributed by atoms with Crippen molar-refractivity contribution in [1.29, 1.82) is 0 Å². The molecule has 0 saturated carbocycles. The van der Waals surface area contributed by atoms with E-state index in [1.165, 1.54) is 49.7 Å². The number of rotatable bonds is 1. The van der Waals surface area contributed by atoms with E-state index < -0.39 is 0 Å². The van der Waals surface area contributed by atoms with Crippen LogP contribution in [0.15, 0.2) is 0 Å². The highest BCUT2D eigenvalue weighted by Crippen LogP contribution is 2.46. The maximum absolute atomic E-state index is 2.48. The molecule has 0 aliphatic carbocycles. The third-order valence-electron chi connectivity index (χ3n) is 4.39. The standard InChI is InChI=1S/C10H20N/c1-3-10-6-4-8-11(10,2)9-5-7-10/h3-9H2,1-2H3/q+1. The van der Waals surface area contributed by atoms with Crippen molar-refractivity contribution in [2.45, 2.75) is 44.6 Å². The van der Waals surface area contributed by atoms with Crippen LogP contribution in [-0.4, -0.2) is 30.2 Å². The van der Waals surface area contributed by atoms with Crippen LogP contribution in [0.5, 0.6) is 0 Å². The Balaban J connectivity index is 2.28. The van der Waals surface area contributed by atoms with Crippen LogP contribution in [0.3, 0.4) is 0 Å². The Morgan fingerprint density at radius 3 is 2.09 bits per heavy atom. The number of quaternary nitrogens is 1. The first-order chi connectivity index (χ1) is 5.22. The molecule has 1 heteroatoms. The molecule has 0 aromatic rings. The molecule has 11 heavy (non-hydrogen) atoms. The minimum atomic E-state index is 0.722. The van der Waals surface area contributed by atoms with Gasteiger partial charge in [-0.2, -0.15) is 0 Å². The fourth-order valence-electron chi connectivity index (χ4n) is 3.50. The van der Waals surface area contributed by atoms with Crippen molar-refractivity contribution in [2.75, 3.05) is 20.1 Å². The largest absolute Gasteiger partial charge is 0.321 e. The van der Waals surface area contributed by atoms with Crippen LogP contribution in [0.25, 0.3) is 0 Å². The Kier molecular flexibility index (Phi) is 1.54. The Morgan fingerprint density at radius 2 is 1.73 bits per heavy atom. The van der Waals surface area contributed by atoms with Crippen LogP contribution in [-0.2, 0) is 0 Å². The normalized spacial score (nSPS) is 49.6. The van der Waals surface area contributed by atoms with Gasteiger partial charge in [-0.1, -0.05) is 6.92 Å². The lowest BCUT2D eigenvalue weighted by atomic mass is 9.90. The van der Waals surface area contributed by atoms with Gasteiger partial charge in [0.1, 0.15) is 0 Å². The molecule has 2 aliphatic heterocycles. The first-order valence-electron chi connectivity index (χ1n) is 5.07. The van der Waals surface area contributed by atoms with Crippen molar-refractivity contribution in [3.63, 3.8) is 0 Å². The molecule has 2 rings (SSSR count). The molecule has 0 aromatic carbocycles. The van der Waals surface area contributed by atoms with Crippen molar-refractivity contribution >= 4 is 0 Å². The molecule has 64 valence electrons. The van der Waals surface area contributed by atoms with Crippen molar-refractivity contribution < 1.29 is 4.48 Å². The third kappa shape index (κ3) is 0.807. The van der Waals surface area contributed by atoms with E-state index in [1.807, 2.05) is 0 Å². The van der Waals surface area contributed by atoms with Crippen LogP contribution < -0.4 is 0 Å². The Bertz CT molecular complexity index is 152. The fourth-order valence-corrected chi connectivity index (χ4v) is 3.50. The molecule has 2 saturated heterocycles. The Labute approximate surface area is 70.0 Å². The minimum Gasteiger partial charge on any atom is -0.321 e. The zero-order valence-corrected chi connectivity index (χ0v) is 7.90. The average Bonchev–Trinajstić information content (AvgIpc) is 2.41. The van der Waals surface area contributed by atoms with Crippen molar-refractivity contribution in [2.24, 2.45) is 0 Å². The zero-order chi connectivity index (χ0) is 7.95. The van der Waals surface area contributed by atoms with Crippen LogP contribution in [0.2, 0.25) is 0 Å². The SMILES string of the molecule is CCC12CCC[N+]1(C)CCC2. The highest BCUT2D eigenvalue weighted by Gasteiger charge is 2.53. The van der Waals surface area contributed by atoms with E-state index in [1.54, 1.807) is 0 Å². The maximum atomic E-state index is 2.48. The molecular formula is C10H20N+. The lowest BCUT2D eigenvalue weighted by molar-refractivity contribution is -0.933. The summed E-state index contributed by atoms with van der Waals surface area (Å²) in [7, 11) is 2.48. The molecule has 2 aliphatic rings. The van der Waals surface area contributed by atoms with E-state index in [2.05, 4.69) is 14.0 Å². The monoisotopic (exact) mass is 154 g/mol. The number of hydrogen-bond donors (Lipinski definition) is 0. The van der Waals surface area contributed by atoms with Gasteiger partial charge in [-0.15, -0.1) is 0 Å². The molecule has 0 unspecified atom stereocenters. The second kappa shape index (κ2) is 2.22. The van der Waals surface area contributed by atoms with E-state index in [0.717, 1.165) is 5.54 Å². The summed E-state index contributed by atoms with van der Waals surface area (Å²) in [6.07, 6.45) is 7.36. The highest BCUT2D eigenvalue weighted by molar-refractivity contribution is 4.88. The topological polar surface area (TPSA) is 0 Å². The van der Waals surface area contributed by atoms with Gasteiger partial charge in [-0.3, -0.25) is 0 Å². The van der Waals surface area contributed by atoms with Gasteiger partial charge in [0.05, 0.1) is 25.7 Å². The van der Waals surface area contributed by atoms with Gasteiger partial charge in [-0.25, -0.2) is 0 Å². The Morgan fingerprint density at radius 1 is 1.18 bits per heavy atom. The van der Waals surface area contributed by atoms with E-state index in [-0.39, 0.29) is 0 Å². The first-order valence-corrected chi connectivity index (χ1v) is 5.07. The highest BCUT2D eigenvalue weighted by atomic mass is 15.4. The molecule has 0 atom stereocenters. The molecule has 2 heterocycles. The van der Waals surface area contributed by atoms with Gasteiger partial charge in [-0.05, 0) is 6.42 Å². The molecule has 0 radical (unpaired) electrons. The molecule has 2 fully saturated rings. The molecular weight excluding hydrogens is 134 g/mol. The third-order valence-corrected chi connectivity index (χ3v) is 4.39. The summed E-state index contributed by atoms with van der Waals surface area (Å²) < 4.78 is 1.41. The second-order valence-electron chi connectivity index (χ2n) is 4.63. The van der Waals surface area contributed by atoms with Crippen LogP contribution in [0, 0.1) is 0 Å². The van der Waals surface area contributed by atoms with Crippen molar-refractivity contribution in [3.05, 3.63) is 0 Å². The van der Waals surface area contributed by atoms with Gasteiger partial charge in [0.15, 0.2) is 0 Å². The molecule has 1 nitrogen and oxygen atoms in total. The van der Waals surface area contributed by atoms with Crippen molar-refractivity contribution in [3.8, 4) is 0 Å². The Hall–Kier alpha value is -0.0400. The fraction of sp³-hybridized carbons (Fsp3) is 1.00. The number of hydrogen-bond acceptors (Lipinski definition) is 0. The number of fused-ring (bicyclic) bond motifs is 1. The maximum Gasteiger partial charge on any atom is 0.0992 e. The van der Waals surface area contributed by atoms with Gasteiger partial charge < -0.3 is 4.48 Å². The van der Waals surface area contributed by atoms with E-state index >= 15 is 0 Å². The van der Waals surface area contributed by atoms with Gasteiger partial charge >= 0.3 is 0 Å². The van der Waals surface area contributed by atoms with Gasteiger partial charge in [0.2, 0.25) is 0 Å². The van der Waals surface area contributed by atoms with E-state index in [9.17, 15) is 0 Å². The second-order valence-corrected chi connectivity index (χ2v) is 4.63. The molecule has 0 amide bonds. The first kappa shape index (κ1) is 7.60. The molecule has 0 bridgehead atoms. The quantitative estimate of drug-likeness (QED) is 0.508. The van der Waals surface area contributed by atoms with Crippen LogP contribution in [0.4, 0.5) is 0 Å². The lowest BCUT2D eigenvalue weighted by Crippen LogP contribution is -2.52. The summed E-state index contributed by atoms with van der Waals surface area (Å²) in [5.74, 6) is 0. The number of nitrogens with zero attached hydrogens (tertiary/aromatic N) is 1. The van der Waals surface area contributed by atoms with Crippen LogP contribution in [0.1, 0.15) is 39.0 Å². The molecule has 0 N–H and O–H groups in total. The predicted octanol–water partition coefficient (Wildman–Crippen LogP) is 2.17. The summed E-state index contributed by atoms with van der Waals surface area (Å²) in [5.41, 5.74) is 0.722. The zero-order valence-electron chi connectivity index (χ0n) is 7.90. The van der Waals surface area contributed by atoms with Crippen LogP contribution >= 0.6 is 0 Å². The summed E-state index contributed by atoms with van der Waals surface area (Å²) >= 11 is 0. The summed E-state index contributed by atoms with van der Waals surface area (Å²) in [4.78, 5) is 0. The molecule has 0 spiro atoms. The molecule has 0 aromatic heterocycles. The summed E-state index contributed by atoms with van der Waals surface area (Å²) in [6, 6.07) is 0. The van der Waals surface area contributed by atoms with Crippen molar-refractivity contribution in [1.82, 2.24) is 0 Å². The predicted molar refractivity (Wildman–Crippen MR) is 47.4 cm³/mol. The minimum absolute atomic E-state index is 0.722. The summed E-state index contributed by atoms with van der Waals surface area (Å²) in [6.45, 7) is 5.29. The average molecular weight is 154 g/mol. The van der Waals surface area contributed by atoms with E-state index in [4.69, 9.17) is 0 Å². The lowest BCUT2D eigenvalue weighted by Gasteiger charge is -2.40. The summed E-state index contributed by atoms with van der Waals surface area (Å²) in [5, 5.41) is 0. The van der Waals surface area contributed by atoms with E-state index in [0.29, 0.717) is 0 Å². The smallest absolute Gasteiger partial charge is 0.0992 e. The van der Waals surface area contributed by atoms with Gasteiger partial charge in [0.25, 0.3) is 0 Å². The van der Waals surface area contributed by atoms with Gasteiger partial charge in [0, 0.05) is 25.7 Å².